The van der Waals surface area contributed by atoms with Gasteiger partial charge in [-0.2, -0.15) is 0 Å². The molecule has 0 saturated carbocycles. The van der Waals surface area contributed by atoms with E-state index in [1.165, 1.54) is 21.3 Å². The number of amides is 1. The summed E-state index contributed by atoms with van der Waals surface area (Å²) in [6.45, 7) is 4.98. The Morgan fingerprint density at radius 2 is 1.67 bits per heavy atom. The molecule has 0 bridgehead atoms. The zero-order chi connectivity index (χ0) is 19.9. The molecule has 8 heteroatoms. The van der Waals surface area contributed by atoms with E-state index in [4.69, 9.17) is 9.47 Å². The Hall–Kier alpha value is -2.22. The number of hydrogen-bond donors (Lipinski definition) is 0. The second kappa shape index (κ2) is 7.07. The van der Waals surface area contributed by atoms with E-state index in [0.29, 0.717) is 47.3 Å². The van der Waals surface area contributed by atoms with Crippen molar-refractivity contribution in [3.05, 3.63) is 22.6 Å². The Kier molecular flexibility index (Phi) is 5.12. The summed E-state index contributed by atoms with van der Waals surface area (Å²) in [6.07, 6.45) is 1.77. The van der Waals surface area contributed by atoms with Gasteiger partial charge in [0.05, 0.1) is 19.9 Å². The summed E-state index contributed by atoms with van der Waals surface area (Å²) in [7, 11) is 0.528. The van der Waals surface area contributed by atoms with Crippen molar-refractivity contribution in [1.29, 1.82) is 0 Å². The normalized spacial score (nSPS) is 19.7. The van der Waals surface area contributed by atoms with E-state index < -0.39 is 15.9 Å². The van der Waals surface area contributed by atoms with Gasteiger partial charge in [-0.05, 0) is 37.3 Å². The summed E-state index contributed by atoms with van der Waals surface area (Å²) in [6, 6.07) is 3.35. The van der Waals surface area contributed by atoms with Crippen LogP contribution < -0.4 is 13.8 Å². The third kappa shape index (κ3) is 3.16. The minimum Gasteiger partial charge on any atom is -0.493 e. The Morgan fingerprint density at radius 3 is 2.22 bits per heavy atom. The fourth-order valence-corrected chi connectivity index (χ4v) is 5.17. The Labute approximate surface area is 160 Å². The number of anilines is 1. The van der Waals surface area contributed by atoms with Crippen LogP contribution in [0.4, 0.5) is 5.69 Å². The van der Waals surface area contributed by atoms with Crippen LogP contribution in [0.3, 0.4) is 0 Å². The SMILES string of the molecule is COc1cc2c(cc1OC)N(C)S(=O)(=O)C(C(=O)N1CCC(C)CC1)=C2C. The molecule has 0 N–H and O–H groups in total. The topological polar surface area (TPSA) is 76.1 Å². The number of fused-ring (bicyclic) bond motifs is 1. The van der Waals surface area contributed by atoms with E-state index in [2.05, 4.69) is 6.92 Å². The van der Waals surface area contributed by atoms with Gasteiger partial charge in [-0.3, -0.25) is 9.10 Å². The lowest BCUT2D eigenvalue weighted by atomic mass is 9.98. The molecule has 2 heterocycles. The van der Waals surface area contributed by atoms with Crippen LogP contribution >= 0.6 is 0 Å². The first-order valence-electron chi connectivity index (χ1n) is 8.97. The van der Waals surface area contributed by atoms with Gasteiger partial charge < -0.3 is 14.4 Å². The fraction of sp³-hybridized carbons (Fsp3) is 0.526. The molecule has 27 heavy (non-hydrogen) atoms. The molecule has 1 saturated heterocycles. The van der Waals surface area contributed by atoms with Gasteiger partial charge >= 0.3 is 0 Å². The van der Waals surface area contributed by atoms with Gasteiger partial charge in [0.25, 0.3) is 15.9 Å². The molecule has 3 rings (SSSR count). The van der Waals surface area contributed by atoms with Gasteiger partial charge in [0.1, 0.15) is 0 Å². The van der Waals surface area contributed by atoms with E-state index in [-0.39, 0.29) is 4.91 Å². The molecule has 0 atom stereocenters. The first-order chi connectivity index (χ1) is 12.7. The van der Waals surface area contributed by atoms with Crippen molar-refractivity contribution in [2.75, 3.05) is 38.7 Å². The lowest BCUT2D eigenvalue weighted by Crippen LogP contribution is -2.44. The van der Waals surface area contributed by atoms with E-state index >= 15 is 0 Å². The van der Waals surface area contributed by atoms with Crippen molar-refractivity contribution >= 4 is 27.2 Å². The summed E-state index contributed by atoms with van der Waals surface area (Å²) >= 11 is 0. The number of rotatable bonds is 3. The first kappa shape index (κ1) is 19.5. The minimum absolute atomic E-state index is 0.153. The lowest BCUT2D eigenvalue weighted by molar-refractivity contribution is -0.127. The second-order valence-electron chi connectivity index (χ2n) is 7.13. The summed E-state index contributed by atoms with van der Waals surface area (Å²) in [5, 5.41) is 0. The predicted octanol–water partition coefficient (Wildman–Crippen LogP) is 2.47. The van der Waals surface area contributed by atoms with Gasteiger partial charge in [-0.25, -0.2) is 8.42 Å². The molecule has 0 aromatic heterocycles. The van der Waals surface area contributed by atoms with Crippen LogP contribution in [-0.4, -0.2) is 53.6 Å². The lowest BCUT2D eigenvalue weighted by Gasteiger charge is -2.35. The molecule has 1 fully saturated rings. The summed E-state index contributed by atoms with van der Waals surface area (Å²) in [4.78, 5) is 14.6. The van der Waals surface area contributed by atoms with Crippen molar-refractivity contribution in [1.82, 2.24) is 4.90 Å². The van der Waals surface area contributed by atoms with E-state index in [1.807, 2.05) is 0 Å². The quantitative estimate of drug-likeness (QED) is 0.787. The third-order valence-electron chi connectivity index (χ3n) is 5.47. The standard InChI is InChI=1S/C19H26N2O5S/c1-12-6-8-21(9-7-12)19(22)18-13(2)14-10-16(25-4)17(26-5)11-15(14)20(3)27(18,23)24/h10-12H,6-9H2,1-5H3. The maximum absolute atomic E-state index is 13.1. The Balaban J connectivity index is 2.14. The summed E-state index contributed by atoms with van der Waals surface area (Å²) in [5.74, 6) is 1.05. The minimum atomic E-state index is -3.95. The second-order valence-corrected chi connectivity index (χ2v) is 9.03. The number of nitrogens with zero attached hydrogens (tertiary/aromatic N) is 2. The highest BCUT2D eigenvalue weighted by atomic mass is 32.2. The van der Waals surface area contributed by atoms with Gasteiger partial charge in [0.15, 0.2) is 16.4 Å². The van der Waals surface area contributed by atoms with Gasteiger partial charge in [0, 0.05) is 31.8 Å². The van der Waals surface area contributed by atoms with E-state index in [1.54, 1.807) is 24.0 Å². The molecule has 0 radical (unpaired) electrons. The summed E-state index contributed by atoms with van der Waals surface area (Å²) in [5.41, 5.74) is 1.56. The van der Waals surface area contributed by atoms with Crippen LogP contribution in [0.5, 0.6) is 11.5 Å². The first-order valence-corrected chi connectivity index (χ1v) is 10.4. The average Bonchev–Trinajstić information content (AvgIpc) is 2.65. The van der Waals surface area contributed by atoms with Crippen LogP contribution in [0, 0.1) is 5.92 Å². The maximum Gasteiger partial charge on any atom is 0.269 e. The van der Waals surface area contributed by atoms with Crippen LogP contribution in [-0.2, 0) is 14.8 Å². The number of likely N-dealkylation sites (tertiary alicyclic amines) is 1. The predicted molar refractivity (Wildman–Crippen MR) is 104 cm³/mol. The van der Waals surface area contributed by atoms with Gasteiger partial charge in [-0.1, -0.05) is 6.92 Å². The zero-order valence-corrected chi connectivity index (χ0v) is 17.2. The number of benzene rings is 1. The molecule has 2 aliphatic heterocycles. The van der Waals surface area contributed by atoms with Crippen molar-refractivity contribution in [2.24, 2.45) is 5.92 Å². The number of hydrogen-bond acceptors (Lipinski definition) is 5. The fourth-order valence-electron chi connectivity index (χ4n) is 3.64. The van der Waals surface area contributed by atoms with Crippen LogP contribution in [0.2, 0.25) is 0 Å². The molecule has 2 aliphatic rings. The van der Waals surface area contributed by atoms with Crippen molar-refractivity contribution in [2.45, 2.75) is 26.7 Å². The van der Waals surface area contributed by atoms with Crippen molar-refractivity contribution < 1.29 is 22.7 Å². The third-order valence-corrected chi connectivity index (χ3v) is 7.38. The smallest absolute Gasteiger partial charge is 0.269 e. The van der Waals surface area contributed by atoms with Gasteiger partial charge in [-0.15, -0.1) is 0 Å². The summed E-state index contributed by atoms with van der Waals surface area (Å²) < 4.78 is 38.1. The highest BCUT2D eigenvalue weighted by molar-refractivity contribution is 7.97. The molecule has 0 spiro atoms. The highest BCUT2D eigenvalue weighted by Gasteiger charge is 2.40. The molecule has 0 aliphatic carbocycles. The molecule has 148 valence electrons. The molecule has 1 aromatic carbocycles. The largest absolute Gasteiger partial charge is 0.493 e. The number of sulfonamides is 1. The molecular formula is C19H26N2O5S. The number of carbonyl (C=O) groups excluding carboxylic acids is 1. The molecular weight excluding hydrogens is 368 g/mol. The maximum atomic E-state index is 13.1. The van der Waals surface area contributed by atoms with Crippen molar-refractivity contribution in [3.8, 4) is 11.5 Å². The van der Waals surface area contributed by atoms with E-state index in [0.717, 1.165) is 17.1 Å². The molecule has 7 nitrogen and oxygen atoms in total. The van der Waals surface area contributed by atoms with Crippen LogP contribution in [0.25, 0.3) is 5.57 Å². The molecule has 0 unspecified atom stereocenters. The Bertz CT molecular complexity index is 899. The number of carbonyl (C=O) groups is 1. The van der Waals surface area contributed by atoms with Gasteiger partial charge in [0.2, 0.25) is 0 Å². The van der Waals surface area contributed by atoms with Crippen LogP contribution in [0.15, 0.2) is 17.0 Å². The monoisotopic (exact) mass is 394 g/mol. The number of methoxy groups -OCH3 is 2. The van der Waals surface area contributed by atoms with Crippen LogP contribution in [0.1, 0.15) is 32.3 Å². The Morgan fingerprint density at radius 1 is 1.11 bits per heavy atom. The van der Waals surface area contributed by atoms with Crippen molar-refractivity contribution in [3.63, 3.8) is 0 Å². The molecule has 1 aromatic rings. The average molecular weight is 394 g/mol. The zero-order valence-electron chi connectivity index (χ0n) is 16.4. The number of piperidine rings is 1. The number of ether oxygens (including phenoxy) is 2. The molecule has 1 amide bonds. The van der Waals surface area contributed by atoms with E-state index in [9.17, 15) is 13.2 Å². The highest BCUT2D eigenvalue weighted by Crippen LogP contribution is 2.44. The number of allylic oxidation sites excluding steroid dienone is 1.